The number of hydrogen-bond donors (Lipinski definition) is 1. The van der Waals surface area contributed by atoms with Crippen LogP contribution in [0.3, 0.4) is 0 Å². The monoisotopic (exact) mass is 253 g/mol. The molecule has 2 rings (SSSR count). The Kier molecular flexibility index (Phi) is 3.45. The Labute approximate surface area is 104 Å². The van der Waals surface area contributed by atoms with Gasteiger partial charge in [-0.1, -0.05) is 17.7 Å². The van der Waals surface area contributed by atoms with Crippen molar-refractivity contribution in [1.82, 2.24) is 15.1 Å². The van der Waals surface area contributed by atoms with Crippen LogP contribution in [0.2, 0.25) is 5.02 Å². The van der Waals surface area contributed by atoms with Crippen molar-refractivity contribution < 1.29 is 4.39 Å². The lowest BCUT2D eigenvalue weighted by atomic mass is 10.2. The molecule has 0 saturated carbocycles. The molecule has 3 nitrogen and oxygen atoms in total. The summed E-state index contributed by atoms with van der Waals surface area (Å²) in [5.41, 5.74) is 1.98. The van der Waals surface area contributed by atoms with Crippen LogP contribution in [-0.4, -0.2) is 16.8 Å². The van der Waals surface area contributed by atoms with Gasteiger partial charge in [0.1, 0.15) is 11.5 Å². The lowest BCUT2D eigenvalue weighted by Gasteiger charge is -2.05. The Hall–Kier alpha value is -1.39. The zero-order valence-corrected chi connectivity index (χ0v) is 10.4. The average molecular weight is 254 g/mol. The molecule has 1 aromatic carbocycles. The van der Waals surface area contributed by atoms with Crippen molar-refractivity contribution in [3.8, 4) is 5.69 Å². The number of aromatic nitrogens is 2. The molecule has 0 fully saturated rings. The van der Waals surface area contributed by atoms with Crippen LogP contribution in [0.5, 0.6) is 0 Å². The lowest BCUT2D eigenvalue weighted by Crippen LogP contribution is -2.06. The number of nitrogens with zero attached hydrogens (tertiary/aromatic N) is 2. The normalized spacial score (nSPS) is 10.8. The Balaban J connectivity index is 2.39. The molecule has 1 heterocycles. The summed E-state index contributed by atoms with van der Waals surface area (Å²) in [7, 11) is 1.82. The van der Waals surface area contributed by atoms with Crippen LogP contribution >= 0.6 is 11.6 Å². The molecule has 17 heavy (non-hydrogen) atoms. The van der Waals surface area contributed by atoms with Gasteiger partial charge in [-0.25, -0.2) is 9.07 Å². The number of rotatable bonds is 3. The molecule has 1 N–H and O–H groups in total. The zero-order chi connectivity index (χ0) is 12.4. The van der Waals surface area contributed by atoms with Gasteiger partial charge in [0.25, 0.3) is 0 Å². The van der Waals surface area contributed by atoms with E-state index in [9.17, 15) is 4.39 Å². The van der Waals surface area contributed by atoms with Crippen LogP contribution in [0.15, 0.2) is 24.4 Å². The maximum atomic E-state index is 13.9. The van der Waals surface area contributed by atoms with E-state index in [1.807, 2.05) is 13.1 Å². The van der Waals surface area contributed by atoms with E-state index in [1.54, 1.807) is 19.2 Å². The summed E-state index contributed by atoms with van der Waals surface area (Å²) in [5.74, 6) is -0.308. The molecule has 0 unspecified atom stereocenters. The summed E-state index contributed by atoms with van der Waals surface area (Å²) >= 11 is 5.90. The molecule has 0 aliphatic rings. The van der Waals surface area contributed by atoms with Crippen LogP contribution in [-0.2, 0) is 6.54 Å². The van der Waals surface area contributed by atoms with Crippen LogP contribution in [0.25, 0.3) is 5.69 Å². The highest BCUT2D eigenvalue weighted by atomic mass is 35.5. The summed E-state index contributed by atoms with van der Waals surface area (Å²) in [6.07, 6.45) is 1.60. The zero-order valence-electron chi connectivity index (χ0n) is 9.67. The lowest BCUT2D eigenvalue weighted by molar-refractivity contribution is 0.606. The van der Waals surface area contributed by atoms with Crippen molar-refractivity contribution in [2.45, 2.75) is 13.5 Å². The number of benzene rings is 1. The topological polar surface area (TPSA) is 29.9 Å². The van der Waals surface area contributed by atoms with E-state index in [0.29, 0.717) is 22.9 Å². The standard InChI is InChI=1S/C12H13ClFN3/c1-8-10(13)7-17(16-8)12-4-3-9(6-15-2)5-11(12)14/h3-5,7,15H,6H2,1-2H3. The summed E-state index contributed by atoms with van der Waals surface area (Å²) < 4.78 is 15.3. The minimum atomic E-state index is -0.308. The Morgan fingerprint density at radius 2 is 2.24 bits per heavy atom. The molecule has 0 bridgehead atoms. The Morgan fingerprint density at radius 3 is 2.76 bits per heavy atom. The quantitative estimate of drug-likeness (QED) is 0.912. The average Bonchev–Trinajstić information content (AvgIpc) is 2.59. The first-order chi connectivity index (χ1) is 8.11. The van der Waals surface area contributed by atoms with Gasteiger partial charge in [-0.3, -0.25) is 0 Å². The second-order valence-corrected chi connectivity index (χ2v) is 4.23. The largest absolute Gasteiger partial charge is 0.316 e. The molecule has 1 aromatic heterocycles. The van der Waals surface area contributed by atoms with Crippen LogP contribution in [0.1, 0.15) is 11.3 Å². The highest BCUT2D eigenvalue weighted by Gasteiger charge is 2.09. The van der Waals surface area contributed by atoms with Crippen LogP contribution in [0, 0.1) is 12.7 Å². The van der Waals surface area contributed by atoms with E-state index in [4.69, 9.17) is 11.6 Å². The predicted molar refractivity (Wildman–Crippen MR) is 66.0 cm³/mol. The summed E-state index contributed by atoms with van der Waals surface area (Å²) in [4.78, 5) is 0. The van der Waals surface area contributed by atoms with Crippen LogP contribution < -0.4 is 5.32 Å². The minimum absolute atomic E-state index is 0.308. The number of halogens is 2. The van der Waals surface area contributed by atoms with E-state index in [2.05, 4.69) is 10.4 Å². The van der Waals surface area contributed by atoms with E-state index in [1.165, 1.54) is 10.7 Å². The smallest absolute Gasteiger partial charge is 0.149 e. The third-order valence-electron chi connectivity index (χ3n) is 2.48. The fourth-order valence-electron chi connectivity index (χ4n) is 1.61. The van der Waals surface area contributed by atoms with Gasteiger partial charge >= 0.3 is 0 Å². The SMILES string of the molecule is CNCc1ccc(-n2cc(Cl)c(C)n2)c(F)c1. The van der Waals surface area contributed by atoms with Gasteiger partial charge in [0.2, 0.25) is 0 Å². The molecule has 0 amide bonds. The number of nitrogens with one attached hydrogen (secondary N) is 1. The highest BCUT2D eigenvalue weighted by Crippen LogP contribution is 2.19. The summed E-state index contributed by atoms with van der Waals surface area (Å²) in [6, 6.07) is 5.06. The number of hydrogen-bond acceptors (Lipinski definition) is 2. The molecule has 0 atom stereocenters. The molecular weight excluding hydrogens is 241 g/mol. The second kappa shape index (κ2) is 4.85. The van der Waals surface area contributed by atoms with Gasteiger partial charge in [-0.2, -0.15) is 5.10 Å². The van der Waals surface area contributed by atoms with Crippen molar-refractivity contribution >= 4 is 11.6 Å². The first-order valence-electron chi connectivity index (χ1n) is 5.27. The van der Waals surface area contributed by atoms with Gasteiger partial charge in [0.15, 0.2) is 0 Å². The van der Waals surface area contributed by atoms with Gasteiger partial charge in [-0.15, -0.1) is 0 Å². The Morgan fingerprint density at radius 1 is 1.47 bits per heavy atom. The third-order valence-corrected chi connectivity index (χ3v) is 2.85. The minimum Gasteiger partial charge on any atom is -0.316 e. The first-order valence-corrected chi connectivity index (χ1v) is 5.65. The molecule has 0 radical (unpaired) electrons. The van der Waals surface area contributed by atoms with Crippen LogP contribution in [0.4, 0.5) is 4.39 Å². The van der Waals surface area contributed by atoms with Gasteiger partial charge in [-0.05, 0) is 31.7 Å². The summed E-state index contributed by atoms with van der Waals surface area (Å²) in [5, 5.41) is 7.65. The van der Waals surface area contributed by atoms with Crippen molar-refractivity contribution in [3.63, 3.8) is 0 Å². The van der Waals surface area contributed by atoms with E-state index in [-0.39, 0.29) is 5.82 Å². The number of aryl methyl sites for hydroxylation is 1. The van der Waals surface area contributed by atoms with Crippen molar-refractivity contribution in [3.05, 3.63) is 46.5 Å². The van der Waals surface area contributed by atoms with E-state index < -0.39 is 0 Å². The van der Waals surface area contributed by atoms with E-state index in [0.717, 1.165) is 5.56 Å². The molecule has 0 saturated heterocycles. The molecule has 0 spiro atoms. The molecular formula is C12H13ClFN3. The highest BCUT2D eigenvalue weighted by molar-refractivity contribution is 6.31. The Bertz CT molecular complexity index is 517. The predicted octanol–water partition coefficient (Wildman–Crippen LogP) is 2.69. The maximum Gasteiger partial charge on any atom is 0.149 e. The van der Waals surface area contributed by atoms with Gasteiger partial charge < -0.3 is 5.32 Å². The maximum absolute atomic E-state index is 13.9. The third kappa shape index (κ3) is 2.48. The fraction of sp³-hybridized carbons (Fsp3) is 0.250. The molecule has 5 heteroatoms. The second-order valence-electron chi connectivity index (χ2n) is 3.82. The van der Waals surface area contributed by atoms with Crippen molar-refractivity contribution in [1.29, 1.82) is 0 Å². The summed E-state index contributed by atoms with van der Waals surface area (Å²) in [6.45, 7) is 2.42. The fourth-order valence-corrected chi connectivity index (χ4v) is 1.74. The first kappa shape index (κ1) is 12.1. The van der Waals surface area contributed by atoms with Gasteiger partial charge in [0, 0.05) is 12.7 Å². The molecule has 0 aliphatic carbocycles. The molecule has 90 valence electrons. The van der Waals surface area contributed by atoms with Crippen molar-refractivity contribution in [2.24, 2.45) is 0 Å². The molecule has 0 aliphatic heterocycles. The van der Waals surface area contributed by atoms with Gasteiger partial charge in [0.05, 0.1) is 10.7 Å². The van der Waals surface area contributed by atoms with Crippen molar-refractivity contribution in [2.75, 3.05) is 7.05 Å². The van der Waals surface area contributed by atoms with E-state index >= 15 is 0 Å². The molecule has 2 aromatic rings.